The molecule has 2 aromatic rings. The van der Waals surface area contributed by atoms with E-state index in [1.165, 1.54) is 6.07 Å². The Kier molecular flexibility index (Phi) is 3.01. The van der Waals surface area contributed by atoms with E-state index in [0.29, 0.717) is 12.2 Å². The van der Waals surface area contributed by atoms with Crippen LogP contribution in [-0.2, 0) is 13.6 Å². The smallest absolute Gasteiger partial charge is 0.143 e. The Morgan fingerprint density at radius 3 is 3.00 bits per heavy atom. The van der Waals surface area contributed by atoms with Gasteiger partial charge in [-0.1, -0.05) is 11.3 Å². The van der Waals surface area contributed by atoms with E-state index >= 15 is 0 Å². The van der Waals surface area contributed by atoms with Gasteiger partial charge in [-0.05, 0) is 12.1 Å². The number of halogens is 1. The highest BCUT2D eigenvalue weighted by molar-refractivity contribution is 5.57. The van der Waals surface area contributed by atoms with Crippen molar-refractivity contribution in [3.63, 3.8) is 0 Å². The fraction of sp³-hybridized carbons (Fsp3) is 0.182. The molecular weight excluding hydrogens is 221 g/mol. The minimum absolute atomic E-state index is 0.0163. The molecule has 2 rings (SSSR count). The molecule has 6 heteroatoms. The quantitative estimate of drug-likeness (QED) is 0.867. The summed E-state index contributed by atoms with van der Waals surface area (Å²) < 4.78 is 14.9. The molecule has 0 spiro atoms. The molecule has 0 aliphatic heterocycles. The Bertz CT molecular complexity index is 569. The third-order valence-corrected chi connectivity index (χ3v) is 2.39. The standard InChI is InChI=1S/C11H10FN5/c1-17-8(7-15-16-17)6-14-11-4-2-3-10(12)9(11)5-13/h2-4,7,14H,6H2,1H3. The molecule has 1 heterocycles. The first-order valence-electron chi connectivity index (χ1n) is 4.98. The second-order valence-corrected chi connectivity index (χ2v) is 3.48. The zero-order valence-corrected chi connectivity index (χ0v) is 9.18. The van der Waals surface area contributed by atoms with Gasteiger partial charge in [-0.25, -0.2) is 4.39 Å². The summed E-state index contributed by atoms with van der Waals surface area (Å²) in [5, 5.41) is 19.3. The third kappa shape index (κ3) is 2.23. The highest BCUT2D eigenvalue weighted by Crippen LogP contribution is 2.18. The van der Waals surface area contributed by atoms with E-state index in [1.54, 1.807) is 30.1 Å². The summed E-state index contributed by atoms with van der Waals surface area (Å²) in [5.74, 6) is -0.527. The average Bonchev–Trinajstić information content (AvgIpc) is 2.72. The van der Waals surface area contributed by atoms with Crippen molar-refractivity contribution in [3.8, 4) is 6.07 Å². The van der Waals surface area contributed by atoms with Gasteiger partial charge in [0.05, 0.1) is 24.1 Å². The van der Waals surface area contributed by atoms with Crippen LogP contribution in [0.1, 0.15) is 11.3 Å². The molecule has 0 bridgehead atoms. The summed E-state index contributed by atoms with van der Waals surface area (Å²) in [6, 6.07) is 6.31. The predicted octanol–water partition coefficient (Wildman–Crippen LogP) is 1.44. The van der Waals surface area contributed by atoms with Crippen LogP contribution in [0.4, 0.5) is 10.1 Å². The molecule has 0 aliphatic rings. The van der Waals surface area contributed by atoms with Gasteiger partial charge < -0.3 is 5.32 Å². The van der Waals surface area contributed by atoms with Crippen LogP contribution < -0.4 is 5.32 Å². The van der Waals surface area contributed by atoms with E-state index in [-0.39, 0.29) is 5.56 Å². The maximum absolute atomic E-state index is 13.3. The topological polar surface area (TPSA) is 66.5 Å². The molecule has 0 aliphatic carbocycles. The van der Waals surface area contributed by atoms with E-state index < -0.39 is 5.82 Å². The molecule has 17 heavy (non-hydrogen) atoms. The molecule has 0 radical (unpaired) electrons. The van der Waals surface area contributed by atoms with Crippen LogP contribution in [0.2, 0.25) is 0 Å². The first kappa shape index (κ1) is 11.1. The zero-order chi connectivity index (χ0) is 12.3. The van der Waals surface area contributed by atoms with Gasteiger partial charge in [0.25, 0.3) is 0 Å². The van der Waals surface area contributed by atoms with Gasteiger partial charge in [-0.2, -0.15) is 5.26 Å². The van der Waals surface area contributed by atoms with Crippen LogP contribution in [-0.4, -0.2) is 15.0 Å². The van der Waals surface area contributed by atoms with Crippen molar-refractivity contribution < 1.29 is 4.39 Å². The lowest BCUT2D eigenvalue weighted by Crippen LogP contribution is -2.07. The second kappa shape index (κ2) is 4.61. The molecule has 1 N–H and O–H groups in total. The normalized spacial score (nSPS) is 9.94. The maximum Gasteiger partial charge on any atom is 0.143 e. The van der Waals surface area contributed by atoms with Crippen molar-refractivity contribution in [2.24, 2.45) is 7.05 Å². The number of nitrogens with one attached hydrogen (secondary N) is 1. The summed E-state index contributed by atoms with van der Waals surface area (Å²) in [7, 11) is 1.76. The third-order valence-electron chi connectivity index (χ3n) is 2.39. The van der Waals surface area contributed by atoms with Gasteiger partial charge in [0, 0.05) is 7.05 Å². The van der Waals surface area contributed by atoms with Crippen LogP contribution in [0.3, 0.4) is 0 Å². The Hall–Kier alpha value is -2.42. The molecular formula is C11H10FN5. The maximum atomic E-state index is 13.3. The van der Waals surface area contributed by atoms with Gasteiger partial charge in [0.1, 0.15) is 17.4 Å². The van der Waals surface area contributed by atoms with E-state index in [9.17, 15) is 4.39 Å². The largest absolute Gasteiger partial charge is 0.378 e. The van der Waals surface area contributed by atoms with Crippen molar-refractivity contribution in [3.05, 3.63) is 41.5 Å². The lowest BCUT2D eigenvalue weighted by Gasteiger charge is -2.08. The molecule has 0 unspecified atom stereocenters. The lowest BCUT2D eigenvalue weighted by molar-refractivity contribution is 0.624. The van der Waals surface area contributed by atoms with Crippen molar-refractivity contribution in [1.82, 2.24) is 15.0 Å². The molecule has 1 aromatic heterocycles. The number of hydrogen-bond acceptors (Lipinski definition) is 4. The van der Waals surface area contributed by atoms with Crippen molar-refractivity contribution in [2.45, 2.75) is 6.54 Å². The second-order valence-electron chi connectivity index (χ2n) is 3.48. The van der Waals surface area contributed by atoms with Gasteiger partial charge >= 0.3 is 0 Å². The average molecular weight is 231 g/mol. The van der Waals surface area contributed by atoms with E-state index in [2.05, 4.69) is 15.6 Å². The fourth-order valence-corrected chi connectivity index (χ4v) is 1.44. The van der Waals surface area contributed by atoms with Gasteiger partial charge in [-0.3, -0.25) is 4.68 Å². The van der Waals surface area contributed by atoms with Crippen LogP contribution in [0.15, 0.2) is 24.4 Å². The van der Waals surface area contributed by atoms with E-state index in [1.807, 2.05) is 6.07 Å². The fourth-order valence-electron chi connectivity index (χ4n) is 1.44. The summed E-state index contributed by atoms with van der Waals surface area (Å²) in [6.45, 7) is 0.432. The molecule has 86 valence electrons. The monoisotopic (exact) mass is 231 g/mol. The first-order chi connectivity index (χ1) is 8.22. The Labute approximate surface area is 97.5 Å². The molecule has 0 fully saturated rings. The van der Waals surface area contributed by atoms with Gasteiger partial charge in [-0.15, -0.1) is 5.10 Å². The molecule has 0 saturated carbocycles. The summed E-state index contributed by atoms with van der Waals surface area (Å²) >= 11 is 0. The lowest BCUT2D eigenvalue weighted by atomic mass is 10.2. The summed E-state index contributed by atoms with van der Waals surface area (Å²) in [4.78, 5) is 0. The SMILES string of the molecule is Cn1nncc1CNc1cccc(F)c1C#N. The molecule has 0 amide bonds. The molecule has 0 saturated heterocycles. The highest BCUT2D eigenvalue weighted by Gasteiger charge is 2.08. The van der Waals surface area contributed by atoms with Crippen molar-refractivity contribution in [1.29, 1.82) is 5.26 Å². The number of nitriles is 1. The Balaban J connectivity index is 2.18. The number of aromatic nitrogens is 3. The highest BCUT2D eigenvalue weighted by atomic mass is 19.1. The number of anilines is 1. The van der Waals surface area contributed by atoms with Gasteiger partial charge in [0.2, 0.25) is 0 Å². The molecule has 1 aromatic carbocycles. The van der Waals surface area contributed by atoms with Crippen molar-refractivity contribution in [2.75, 3.05) is 5.32 Å². The minimum Gasteiger partial charge on any atom is -0.378 e. The predicted molar refractivity (Wildman–Crippen MR) is 59.4 cm³/mol. The first-order valence-corrected chi connectivity index (χ1v) is 4.98. The van der Waals surface area contributed by atoms with Crippen LogP contribution in [0, 0.1) is 17.1 Å². The summed E-state index contributed by atoms with van der Waals surface area (Å²) in [5.41, 5.74) is 1.33. The Morgan fingerprint density at radius 2 is 2.35 bits per heavy atom. The van der Waals surface area contributed by atoms with Crippen LogP contribution >= 0.6 is 0 Å². The zero-order valence-electron chi connectivity index (χ0n) is 9.18. The number of aryl methyl sites for hydroxylation is 1. The van der Waals surface area contributed by atoms with Crippen LogP contribution in [0.5, 0.6) is 0 Å². The number of rotatable bonds is 3. The number of nitrogens with zero attached hydrogens (tertiary/aromatic N) is 4. The Morgan fingerprint density at radius 1 is 1.53 bits per heavy atom. The van der Waals surface area contributed by atoms with Crippen molar-refractivity contribution >= 4 is 5.69 Å². The van der Waals surface area contributed by atoms with Crippen LogP contribution in [0.25, 0.3) is 0 Å². The molecule has 5 nitrogen and oxygen atoms in total. The minimum atomic E-state index is -0.527. The summed E-state index contributed by atoms with van der Waals surface area (Å²) in [6.07, 6.45) is 1.61. The van der Waals surface area contributed by atoms with E-state index in [4.69, 9.17) is 5.26 Å². The number of hydrogen-bond donors (Lipinski definition) is 1. The van der Waals surface area contributed by atoms with Gasteiger partial charge in [0.15, 0.2) is 0 Å². The number of benzene rings is 1. The molecule has 0 atom stereocenters. The van der Waals surface area contributed by atoms with E-state index in [0.717, 1.165) is 5.69 Å².